The third-order valence-electron chi connectivity index (χ3n) is 2.75. The highest BCUT2D eigenvalue weighted by atomic mass is 79.9. The Kier molecular flexibility index (Phi) is 7.90. The quantitative estimate of drug-likeness (QED) is 0.400. The van der Waals surface area contributed by atoms with Crippen LogP contribution in [0.2, 0.25) is 0 Å². The lowest BCUT2D eigenvalue weighted by Crippen LogP contribution is -2.04. The molecule has 0 saturated carbocycles. The van der Waals surface area contributed by atoms with E-state index >= 15 is 0 Å². The van der Waals surface area contributed by atoms with Gasteiger partial charge in [0.2, 0.25) is 0 Å². The lowest BCUT2D eigenvalue weighted by molar-refractivity contribution is -0.384. The van der Waals surface area contributed by atoms with E-state index in [1.54, 1.807) is 6.07 Å². The Bertz CT molecular complexity index is 416. The van der Waals surface area contributed by atoms with Gasteiger partial charge >= 0.3 is 0 Å². The Balaban J connectivity index is 2.35. The first kappa shape index (κ1) is 16.3. The summed E-state index contributed by atoms with van der Waals surface area (Å²) in [6, 6.07) is 5.09. The molecule has 19 heavy (non-hydrogen) atoms. The van der Waals surface area contributed by atoms with E-state index in [0.29, 0.717) is 5.69 Å². The van der Waals surface area contributed by atoms with Gasteiger partial charge in [0.05, 0.1) is 4.92 Å². The molecule has 4 nitrogen and oxygen atoms in total. The SMILES string of the molecule is CSCCCCCCNc1ccc(Br)cc1[N+](=O)[O-]. The van der Waals surface area contributed by atoms with E-state index in [4.69, 9.17) is 0 Å². The molecule has 1 rings (SSSR count). The van der Waals surface area contributed by atoms with E-state index in [1.165, 1.54) is 24.7 Å². The fourth-order valence-electron chi connectivity index (χ4n) is 1.75. The first-order valence-electron chi connectivity index (χ1n) is 6.32. The van der Waals surface area contributed by atoms with Gasteiger partial charge in [0.15, 0.2) is 0 Å². The molecule has 0 radical (unpaired) electrons. The van der Waals surface area contributed by atoms with Gasteiger partial charge in [-0.3, -0.25) is 10.1 Å². The summed E-state index contributed by atoms with van der Waals surface area (Å²) < 4.78 is 0.724. The summed E-state index contributed by atoms with van der Waals surface area (Å²) in [6.45, 7) is 0.780. The number of rotatable bonds is 9. The van der Waals surface area contributed by atoms with Crippen molar-refractivity contribution in [2.45, 2.75) is 25.7 Å². The summed E-state index contributed by atoms with van der Waals surface area (Å²) in [7, 11) is 0. The predicted octanol–water partition coefficient (Wildman–Crippen LogP) is 4.69. The van der Waals surface area contributed by atoms with Crippen LogP contribution in [0.3, 0.4) is 0 Å². The molecule has 0 bridgehead atoms. The normalized spacial score (nSPS) is 10.4. The van der Waals surface area contributed by atoms with Gasteiger partial charge < -0.3 is 5.32 Å². The molecule has 1 N–H and O–H groups in total. The fraction of sp³-hybridized carbons (Fsp3) is 0.538. The Morgan fingerprint density at radius 3 is 2.74 bits per heavy atom. The van der Waals surface area contributed by atoms with Gasteiger partial charge in [-0.2, -0.15) is 11.8 Å². The molecule has 0 saturated heterocycles. The number of unbranched alkanes of at least 4 members (excludes halogenated alkanes) is 3. The topological polar surface area (TPSA) is 55.2 Å². The number of benzene rings is 1. The lowest BCUT2D eigenvalue weighted by Gasteiger charge is -2.07. The summed E-state index contributed by atoms with van der Waals surface area (Å²) in [6.07, 6.45) is 6.80. The molecule has 0 heterocycles. The molecule has 1 aromatic carbocycles. The smallest absolute Gasteiger partial charge is 0.293 e. The van der Waals surface area contributed by atoms with Gasteiger partial charge in [0.1, 0.15) is 5.69 Å². The first-order chi connectivity index (χ1) is 9.15. The van der Waals surface area contributed by atoms with Crippen LogP contribution in [0.1, 0.15) is 25.7 Å². The number of nitrogens with one attached hydrogen (secondary N) is 1. The van der Waals surface area contributed by atoms with Crippen LogP contribution in [-0.2, 0) is 0 Å². The van der Waals surface area contributed by atoms with E-state index in [9.17, 15) is 10.1 Å². The zero-order valence-corrected chi connectivity index (χ0v) is 13.4. The van der Waals surface area contributed by atoms with Crippen LogP contribution in [0.4, 0.5) is 11.4 Å². The van der Waals surface area contributed by atoms with Gasteiger partial charge in [0, 0.05) is 17.1 Å². The van der Waals surface area contributed by atoms with Crippen LogP contribution < -0.4 is 5.32 Å². The van der Waals surface area contributed by atoms with Crippen molar-refractivity contribution in [2.75, 3.05) is 23.9 Å². The summed E-state index contributed by atoms with van der Waals surface area (Å²) >= 11 is 5.12. The maximum absolute atomic E-state index is 10.9. The first-order valence-corrected chi connectivity index (χ1v) is 8.50. The minimum atomic E-state index is -0.356. The molecule has 0 atom stereocenters. The summed E-state index contributed by atoms with van der Waals surface area (Å²) in [4.78, 5) is 10.6. The maximum Gasteiger partial charge on any atom is 0.293 e. The number of hydrogen-bond donors (Lipinski definition) is 1. The van der Waals surface area contributed by atoms with Gasteiger partial charge in [-0.15, -0.1) is 0 Å². The standard InChI is InChI=1S/C13H19BrN2O2S/c1-19-9-5-3-2-4-8-15-12-7-6-11(14)10-13(12)16(17)18/h6-7,10,15H,2-5,8-9H2,1H3. The van der Waals surface area contributed by atoms with Crippen molar-refractivity contribution in [1.29, 1.82) is 0 Å². The number of nitro benzene ring substituents is 1. The lowest BCUT2D eigenvalue weighted by atomic mass is 10.2. The highest BCUT2D eigenvalue weighted by Crippen LogP contribution is 2.27. The van der Waals surface area contributed by atoms with Crippen LogP contribution in [0.25, 0.3) is 0 Å². The molecule has 0 aliphatic rings. The molecular weight excluding hydrogens is 328 g/mol. The number of nitrogens with zero attached hydrogens (tertiary/aromatic N) is 1. The van der Waals surface area contributed by atoms with Crippen molar-refractivity contribution in [2.24, 2.45) is 0 Å². The summed E-state index contributed by atoms with van der Waals surface area (Å²) in [5, 5.41) is 14.1. The van der Waals surface area contributed by atoms with Gasteiger partial charge in [-0.1, -0.05) is 28.8 Å². The van der Waals surface area contributed by atoms with Gasteiger partial charge in [0.25, 0.3) is 5.69 Å². The minimum Gasteiger partial charge on any atom is -0.379 e. The molecule has 0 unspecified atom stereocenters. The Labute approximate surface area is 126 Å². The molecule has 0 fully saturated rings. The molecular formula is C13H19BrN2O2S. The van der Waals surface area contributed by atoms with Crippen LogP contribution in [0.15, 0.2) is 22.7 Å². The highest BCUT2D eigenvalue weighted by Gasteiger charge is 2.13. The second-order valence-electron chi connectivity index (χ2n) is 4.25. The second-order valence-corrected chi connectivity index (χ2v) is 6.15. The van der Waals surface area contributed by atoms with Crippen molar-refractivity contribution >= 4 is 39.1 Å². The van der Waals surface area contributed by atoms with E-state index < -0.39 is 0 Å². The Morgan fingerprint density at radius 1 is 1.32 bits per heavy atom. The molecule has 0 amide bonds. The predicted molar refractivity (Wildman–Crippen MR) is 86.1 cm³/mol. The average molecular weight is 347 g/mol. The maximum atomic E-state index is 10.9. The molecule has 0 aliphatic carbocycles. The van der Waals surface area contributed by atoms with Crippen LogP contribution >= 0.6 is 27.7 Å². The molecule has 0 aromatic heterocycles. The zero-order chi connectivity index (χ0) is 14.1. The van der Waals surface area contributed by atoms with E-state index in [-0.39, 0.29) is 10.6 Å². The number of anilines is 1. The van der Waals surface area contributed by atoms with Crippen molar-refractivity contribution in [3.63, 3.8) is 0 Å². The molecule has 106 valence electrons. The average Bonchev–Trinajstić information content (AvgIpc) is 2.39. The second kappa shape index (κ2) is 9.20. The Morgan fingerprint density at radius 2 is 2.05 bits per heavy atom. The van der Waals surface area contributed by atoms with Crippen LogP contribution in [0, 0.1) is 10.1 Å². The van der Waals surface area contributed by atoms with Gasteiger partial charge in [-0.05, 0) is 37.0 Å². The largest absolute Gasteiger partial charge is 0.379 e. The van der Waals surface area contributed by atoms with Crippen molar-refractivity contribution in [3.05, 3.63) is 32.8 Å². The Hall–Kier alpha value is -0.750. The van der Waals surface area contributed by atoms with Crippen LogP contribution in [0.5, 0.6) is 0 Å². The van der Waals surface area contributed by atoms with Gasteiger partial charge in [-0.25, -0.2) is 0 Å². The number of nitro groups is 1. The van der Waals surface area contributed by atoms with Crippen molar-refractivity contribution < 1.29 is 4.92 Å². The summed E-state index contributed by atoms with van der Waals surface area (Å²) in [5.41, 5.74) is 0.717. The van der Waals surface area contributed by atoms with E-state index in [2.05, 4.69) is 27.5 Å². The van der Waals surface area contributed by atoms with E-state index in [0.717, 1.165) is 23.9 Å². The monoisotopic (exact) mass is 346 g/mol. The minimum absolute atomic E-state index is 0.122. The fourth-order valence-corrected chi connectivity index (χ4v) is 2.60. The molecule has 0 aliphatic heterocycles. The van der Waals surface area contributed by atoms with Crippen molar-refractivity contribution in [1.82, 2.24) is 0 Å². The summed E-state index contributed by atoms with van der Waals surface area (Å²) in [5.74, 6) is 1.21. The molecule has 6 heteroatoms. The number of hydrogen-bond acceptors (Lipinski definition) is 4. The number of thioether (sulfide) groups is 1. The molecule has 0 spiro atoms. The van der Waals surface area contributed by atoms with Crippen LogP contribution in [-0.4, -0.2) is 23.5 Å². The van der Waals surface area contributed by atoms with E-state index in [1.807, 2.05) is 17.8 Å². The van der Waals surface area contributed by atoms with Crippen molar-refractivity contribution in [3.8, 4) is 0 Å². The number of halogens is 1. The third kappa shape index (κ3) is 6.29. The third-order valence-corrected chi connectivity index (χ3v) is 3.94. The highest BCUT2D eigenvalue weighted by molar-refractivity contribution is 9.10. The zero-order valence-electron chi connectivity index (χ0n) is 11.0. The molecule has 1 aromatic rings.